The van der Waals surface area contributed by atoms with E-state index < -0.39 is 0 Å². The van der Waals surface area contributed by atoms with E-state index in [1.807, 2.05) is 24.3 Å². The Labute approximate surface area is 151 Å². The molecule has 2 heterocycles. The van der Waals surface area contributed by atoms with Gasteiger partial charge in [0.25, 0.3) is 0 Å². The number of carbonyl (C=O) groups excluding carboxylic acids is 1. The summed E-state index contributed by atoms with van der Waals surface area (Å²) in [4.78, 5) is 17.6. The molecule has 2 saturated heterocycles. The van der Waals surface area contributed by atoms with Crippen molar-refractivity contribution in [3.63, 3.8) is 0 Å². The van der Waals surface area contributed by atoms with Gasteiger partial charge in [0.15, 0.2) is 0 Å². The van der Waals surface area contributed by atoms with Crippen molar-refractivity contribution in [1.29, 1.82) is 0 Å². The first-order chi connectivity index (χ1) is 12.3. The van der Waals surface area contributed by atoms with E-state index in [1.54, 1.807) is 7.11 Å². The summed E-state index contributed by atoms with van der Waals surface area (Å²) in [5, 5.41) is 3.40. The number of carbonyl (C=O) groups is 1. The quantitative estimate of drug-likeness (QED) is 0.820. The van der Waals surface area contributed by atoms with E-state index in [-0.39, 0.29) is 5.91 Å². The summed E-state index contributed by atoms with van der Waals surface area (Å²) in [6.45, 7) is 6.16. The lowest BCUT2D eigenvalue weighted by atomic mass is 10.1. The fraction of sp³-hybridized carbons (Fsp3) is 0.650. The number of hydrogen-bond donors (Lipinski definition) is 1. The van der Waals surface area contributed by atoms with Crippen molar-refractivity contribution in [1.82, 2.24) is 15.1 Å². The molecule has 3 rings (SSSR count). The van der Waals surface area contributed by atoms with Gasteiger partial charge < -0.3 is 19.9 Å². The number of rotatable bonds is 7. The molecule has 5 heteroatoms. The lowest BCUT2D eigenvalue weighted by Gasteiger charge is -2.33. The lowest BCUT2D eigenvalue weighted by Crippen LogP contribution is -2.47. The van der Waals surface area contributed by atoms with Crippen molar-refractivity contribution in [3.05, 3.63) is 29.8 Å². The van der Waals surface area contributed by atoms with E-state index in [0.29, 0.717) is 12.5 Å². The minimum atomic E-state index is 0.246. The summed E-state index contributed by atoms with van der Waals surface area (Å²) in [6, 6.07) is 8.18. The standard InChI is InChI=1S/C20H31N3O2/c1-25-19-7-5-17(6-8-19)15-20(24)23(18-9-10-21-16-18)14-13-22-11-3-2-4-12-22/h5-8,18,21H,2-4,9-16H2,1H3. The van der Waals surface area contributed by atoms with E-state index in [9.17, 15) is 4.79 Å². The Kier molecular flexibility index (Phi) is 6.70. The maximum atomic E-state index is 13.0. The first-order valence-electron chi connectivity index (χ1n) is 9.62. The zero-order valence-electron chi connectivity index (χ0n) is 15.4. The van der Waals surface area contributed by atoms with Gasteiger partial charge in [0.2, 0.25) is 5.91 Å². The number of likely N-dealkylation sites (tertiary alicyclic amines) is 1. The molecule has 2 fully saturated rings. The first kappa shape index (κ1) is 18.2. The van der Waals surface area contributed by atoms with Crippen molar-refractivity contribution in [2.24, 2.45) is 0 Å². The minimum Gasteiger partial charge on any atom is -0.497 e. The van der Waals surface area contributed by atoms with Crippen molar-refractivity contribution >= 4 is 5.91 Å². The van der Waals surface area contributed by atoms with Crippen LogP contribution in [-0.4, -0.2) is 68.1 Å². The zero-order chi connectivity index (χ0) is 17.5. The molecule has 1 N–H and O–H groups in total. The van der Waals surface area contributed by atoms with Crippen molar-refractivity contribution in [3.8, 4) is 5.75 Å². The second-order valence-electron chi connectivity index (χ2n) is 7.16. The molecule has 1 atom stereocenters. The summed E-state index contributed by atoms with van der Waals surface area (Å²) >= 11 is 0. The molecule has 0 aliphatic carbocycles. The molecule has 2 aliphatic heterocycles. The van der Waals surface area contributed by atoms with Crippen LogP contribution in [0.1, 0.15) is 31.2 Å². The Hall–Kier alpha value is -1.59. The van der Waals surface area contributed by atoms with E-state index >= 15 is 0 Å². The van der Waals surface area contributed by atoms with Gasteiger partial charge in [0, 0.05) is 25.7 Å². The molecule has 1 unspecified atom stereocenters. The van der Waals surface area contributed by atoms with Crippen LogP contribution >= 0.6 is 0 Å². The molecule has 25 heavy (non-hydrogen) atoms. The third kappa shape index (κ3) is 5.19. The van der Waals surface area contributed by atoms with Gasteiger partial charge in [-0.25, -0.2) is 0 Å². The summed E-state index contributed by atoms with van der Waals surface area (Å²) in [6.07, 6.45) is 5.48. The van der Waals surface area contributed by atoms with Crippen LogP contribution in [0.3, 0.4) is 0 Å². The third-order valence-corrected chi connectivity index (χ3v) is 5.42. The minimum absolute atomic E-state index is 0.246. The Morgan fingerprint density at radius 3 is 2.64 bits per heavy atom. The molecule has 1 aromatic carbocycles. The Morgan fingerprint density at radius 2 is 2.00 bits per heavy atom. The van der Waals surface area contributed by atoms with Gasteiger partial charge in [-0.2, -0.15) is 0 Å². The second kappa shape index (κ2) is 9.20. The van der Waals surface area contributed by atoms with Gasteiger partial charge in [-0.3, -0.25) is 4.79 Å². The average Bonchev–Trinajstić information content (AvgIpc) is 3.18. The number of piperidine rings is 1. The van der Waals surface area contributed by atoms with Crippen LogP contribution in [0.2, 0.25) is 0 Å². The number of ether oxygens (including phenoxy) is 1. The SMILES string of the molecule is COc1ccc(CC(=O)N(CCN2CCCCC2)C2CCNC2)cc1. The average molecular weight is 345 g/mol. The molecule has 2 aliphatic rings. The van der Waals surface area contributed by atoms with Gasteiger partial charge in [-0.15, -0.1) is 0 Å². The topological polar surface area (TPSA) is 44.8 Å². The molecular formula is C20H31N3O2. The predicted octanol–water partition coefficient (Wildman–Crippen LogP) is 1.91. The normalized spacial score (nSPS) is 21.2. The van der Waals surface area contributed by atoms with E-state index in [4.69, 9.17) is 4.74 Å². The monoisotopic (exact) mass is 345 g/mol. The van der Waals surface area contributed by atoms with Gasteiger partial charge >= 0.3 is 0 Å². The van der Waals surface area contributed by atoms with Crippen LogP contribution in [-0.2, 0) is 11.2 Å². The van der Waals surface area contributed by atoms with E-state index in [0.717, 1.165) is 43.9 Å². The summed E-state index contributed by atoms with van der Waals surface area (Å²) < 4.78 is 5.20. The Bertz CT molecular complexity index is 534. The number of amides is 1. The van der Waals surface area contributed by atoms with Gasteiger partial charge in [0.05, 0.1) is 13.5 Å². The highest BCUT2D eigenvalue weighted by Gasteiger charge is 2.27. The third-order valence-electron chi connectivity index (χ3n) is 5.42. The highest BCUT2D eigenvalue weighted by Crippen LogP contribution is 2.16. The molecule has 0 bridgehead atoms. The molecule has 138 valence electrons. The van der Waals surface area contributed by atoms with Crippen molar-refractivity contribution in [2.75, 3.05) is 46.4 Å². The molecule has 0 spiro atoms. The highest BCUT2D eigenvalue weighted by molar-refractivity contribution is 5.79. The molecule has 0 radical (unpaired) electrons. The second-order valence-corrected chi connectivity index (χ2v) is 7.16. The molecule has 1 aromatic rings. The Balaban J connectivity index is 1.59. The number of benzene rings is 1. The van der Waals surface area contributed by atoms with E-state index in [2.05, 4.69) is 15.1 Å². The molecular weight excluding hydrogens is 314 g/mol. The summed E-state index contributed by atoms with van der Waals surface area (Å²) in [5.74, 6) is 1.08. The Morgan fingerprint density at radius 1 is 1.24 bits per heavy atom. The summed E-state index contributed by atoms with van der Waals surface area (Å²) in [5.41, 5.74) is 1.06. The van der Waals surface area contributed by atoms with Crippen LogP contribution in [0.25, 0.3) is 0 Å². The van der Waals surface area contributed by atoms with Crippen LogP contribution in [0.4, 0.5) is 0 Å². The molecule has 5 nitrogen and oxygen atoms in total. The van der Waals surface area contributed by atoms with Crippen LogP contribution < -0.4 is 10.1 Å². The highest BCUT2D eigenvalue weighted by atomic mass is 16.5. The largest absolute Gasteiger partial charge is 0.497 e. The van der Waals surface area contributed by atoms with Gasteiger partial charge in [-0.1, -0.05) is 18.6 Å². The van der Waals surface area contributed by atoms with Crippen LogP contribution in [0.15, 0.2) is 24.3 Å². The number of hydrogen-bond acceptors (Lipinski definition) is 4. The number of nitrogens with one attached hydrogen (secondary N) is 1. The first-order valence-corrected chi connectivity index (χ1v) is 9.62. The maximum Gasteiger partial charge on any atom is 0.227 e. The van der Waals surface area contributed by atoms with Crippen LogP contribution in [0.5, 0.6) is 5.75 Å². The lowest BCUT2D eigenvalue weighted by molar-refractivity contribution is -0.132. The van der Waals surface area contributed by atoms with Gasteiger partial charge in [-0.05, 0) is 56.6 Å². The van der Waals surface area contributed by atoms with Crippen LogP contribution in [0, 0.1) is 0 Å². The fourth-order valence-corrected chi connectivity index (χ4v) is 3.87. The van der Waals surface area contributed by atoms with E-state index in [1.165, 1.54) is 32.4 Å². The number of nitrogens with zero attached hydrogens (tertiary/aromatic N) is 2. The maximum absolute atomic E-state index is 13.0. The van der Waals surface area contributed by atoms with Gasteiger partial charge in [0.1, 0.15) is 5.75 Å². The van der Waals surface area contributed by atoms with Crippen molar-refractivity contribution < 1.29 is 9.53 Å². The zero-order valence-corrected chi connectivity index (χ0v) is 15.4. The molecule has 0 saturated carbocycles. The predicted molar refractivity (Wildman–Crippen MR) is 100.0 cm³/mol. The summed E-state index contributed by atoms with van der Waals surface area (Å²) in [7, 11) is 1.66. The van der Waals surface area contributed by atoms with Crippen molar-refractivity contribution in [2.45, 2.75) is 38.1 Å². The smallest absolute Gasteiger partial charge is 0.227 e. The number of methoxy groups -OCH3 is 1. The molecule has 0 aromatic heterocycles. The molecule has 1 amide bonds. The fourth-order valence-electron chi connectivity index (χ4n) is 3.87.